The number of amides is 1. The van der Waals surface area contributed by atoms with E-state index in [1.165, 1.54) is 16.7 Å². The molecule has 0 saturated heterocycles. The number of nitrogens with one attached hydrogen (secondary N) is 1. The van der Waals surface area contributed by atoms with E-state index < -0.39 is 0 Å². The first kappa shape index (κ1) is 22.9. The topological polar surface area (TPSA) is 50.8 Å². The highest BCUT2D eigenvalue weighted by Crippen LogP contribution is 2.35. The van der Waals surface area contributed by atoms with Gasteiger partial charge in [0.15, 0.2) is 0 Å². The molecule has 3 aromatic carbocycles. The molecular formula is C28H32N2O3. The molecule has 0 bridgehead atoms. The molecule has 1 aliphatic rings. The molecule has 1 amide bonds. The Morgan fingerprint density at radius 3 is 2.27 bits per heavy atom. The zero-order valence-corrected chi connectivity index (χ0v) is 19.2. The minimum atomic E-state index is -0.0444. The van der Waals surface area contributed by atoms with E-state index in [4.69, 9.17) is 9.47 Å². The van der Waals surface area contributed by atoms with E-state index in [0.29, 0.717) is 26.3 Å². The summed E-state index contributed by atoms with van der Waals surface area (Å²) in [5, 5.41) is 2.91. The average molecular weight is 445 g/mol. The predicted octanol–water partition coefficient (Wildman–Crippen LogP) is 4.39. The molecule has 5 nitrogen and oxygen atoms in total. The van der Waals surface area contributed by atoms with Gasteiger partial charge < -0.3 is 19.7 Å². The Balaban J connectivity index is 1.38. The molecular weight excluding hydrogens is 412 g/mol. The largest absolute Gasteiger partial charge is 0.493 e. The van der Waals surface area contributed by atoms with E-state index in [0.717, 1.165) is 30.7 Å². The molecule has 33 heavy (non-hydrogen) atoms. The van der Waals surface area contributed by atoms with Crippen molar-refractivity contribution in [3.05, 3.63) is 95.6 Å². The molecule has 4 rings (SSSR count). The van der Waals surface area contributed by atoms with Crippen LogP contribution in [0.15, 0.2) is 78.9 Å². The number of carbonyl (C=O) groups excluding carboxylic acids is 1. The van der Waals surface area contributed by atoms with E-state index in [-0.39, 0.29) is 12.1 Å². The van der Waals surface area contributed by atoms with Crippen LogP contribution in [0.5, 0.6) is 5.75 Å². The Morgan fingerprint density at radius 1 is 0.939 bits per heavy atom. The van der Waals surface area contributed by atoms with Gasteiger partial charge in [-0.25, -0.2) is 0 Å². The van der Waals surface area contributed by atoms with Crippen LogP contribution < -0.4 is 15.0 Å². The Morgan fingerprint density at radius 2 is 1.61 bits per heavy atom. The summed E-state index contributed by atoms with van der Waals surface area (Å²) in [6.07, 6.45) is 2.53. The lowest BCUT2D eigenvalue weighted by Gasteiger charge is -2.28. The zero-order chi connectivity index (χ0) is 22.9. The number of carbonyl (C=O) groups is 1. The van der Waals surface area contributed by atoms with Crippen molar-refractivity contribution in [1.29, 1.82) is 0 Å². The van der Waals surface area contributed by atoms with Crippen molar-refractivity contribution in [3.8, 4) is 5.75 Å². The monoisotopic (exact) mass is 444 g/mol. The summed E-state index contributed by atoms with van der Waals surface area (Å²) < 4.78 is 12.4. The van der Waals surface area contributed by atoms with Gasteiger partial charge in [0.05, 0.1) is 13.2 Å². The van der Waals surface area contributed by atoms with Crippen molar-refractivity contribution in [1.82, 2.24) is 5.32 Å². The van der Waals surface area contributed by atoms with E-state index >= 15 is 0 Å². The van der Waals surface area contributed by atoms with Crippen LogP contribution in [-0.2, 0) is 28.8 Å². The summed E-state index contributed by atoms with van der Waals surface area (Å²) in [4.78, 5) is 13.6. The first-order valence-electron chi connectivity index (χ1n) is 11.7. The quantitative estimate of drug-likeness (QED) is 0.477. The maximum Gasteiger partial charge on any atom is 0.216 e. The van der Waals surface area contributed by atoms with Gasteiger partial charge in [0.25, 0.3) is 0 Å². The summed E-state index contributed by atoms with van der Waals surface area (Å²) >= 11 is 0. The van der Waals surface area contributed by atoms with Crippen molar-refractivity contribution in [2.24, 2.45) is 0 Å². The fourth-order valence-electron chi connectivity index (χ4n) is 4.18. The average Bonchev–Trinajstić information content (AvgIpc) is 3.17. The molecule has 1 aliphatic heterocycles. The Bertz CT molecular complexity index is 1020. The summed E-state index contributed by atoms with van der Waals surface area (Å²) in [5.41, 5.74) is 4.91. The van der Waals surface area contributed by atoms with Gasteiger partial charge in [-0.15, -0.1) is 0 Å². The van der Waals surface area contributed by atoms with Gasteiger partial charge in [-0.05, 0) is 29.2 Å². The summed E-state index contributed by atoms with van der Waals surface area (Å²) in [7, 11) is 0. The van der Waals surface area contributed by atoms with Crippen LogP contribution in [0, 0.1) is 0 Å². The van der Waals surface area contributed by atoms with Gasteiger partial charge in [0, 0.05) is 44.6 Å². The van der Waals surface area contributed by atoms with Crippen molar-refractivity contribution in [2.75, 3.05) is 31.2 Å². The standard InChI is InChI=1S/C28H32N2O3/c1-22(31)29-16-17-30-27-21-26(32-18-14-23-8-4-2-5-9-23)13-12-25(27)20-28(30)33-19-15-24-10-6-3-7-11-24/h2-13,21,28H,14-20H2,1H3,(H,29,31). The number of hydrogen-bond donors (Lipinski definition) is 1. The van der Waals surface area contributed by atoms with Crippen LogP contribution in [0.2, 0.25) is 0 Å². The van der Waals surface area contributed by atoms with Crippen LogP contribution in [0.1, 0.15) is 23.6 Å². The second-order valence-corrected chi connectivity index (χ2v) is 8.32. The van der Waals surface area contributed by atoms with E-state index in [2.05, 4.69) is 70.9 Å². The lowest BCUT2D eigenvalue weighted by atomic mass is 10.1. The maximum atomic E-state index is 11.4. The zero-order valence-electron chi connectivity index (χ0n) is 19.2. The first-order valence-corrected chi connectivity index (χ1v) is 11.7. The number of benzene rings is 3. The first-order chi connectivity index (χ1) is 16.2. The summed E-state index contributed by atoms with van der Waals surface area (Å²) in [6.45, 7) is 4.10. The second kappa shape index (κ2) is 11.5. The molecule has 0 saturated carbocycles. The number of rotatable bonds is 11. The minimum Gasteiger partial charge on any atom is -0.493 e. The van der Waals surface area contributed by atoms with Crippen molar-refractivity contribution >= 4 is 11.6 Å². The maximum absolute atomic E-state index is 11.4. The molecule has 1 unspecified atom stereocenters. The molecule has 5 heteroatoms. The molecule has 1 heterocycles. The molecule has 0 radical (unpaired) electrons. The lowest BCUT2D eigenvalue weighted by Crippen LogP contribution is -2.40. The second-order valence-electron chi connectivity index (χ2n) is 8.32. The van der Waals surface area contributed by atoms with E-state index in [1.54, 1.807) is 6.92 Å². The van der Waals surface area contributed by atoms with Gasteiger partial charge in [-0.1, -0.05) is 66.7 Å². The molecule has 0 spiro atoms. The Labute approximate surface area is 196 Å². The lowest BCUT2D eigenvalue weighted by molar-refractivity contribution is -0.118. The smallest absolute Gasteiger partial charge is 0.216 e. The fraction of sp³-hybridized carbons (Fsp3) is 0.321. The Kier molecular flexibility index (Phi) is 7.99. The fourth-order valence-corrected chi connectivity index (χ4v) is 4.18. The van der Waals surface area contributed by atoms with Crippen molar-refractivity contribution in [2.45, 2.75) is 32.4 Å². The molecule has 3 aromatic rings. The van der Waals surface area contributed by atoms with Crippen LogP contribution in [0.4, 0.5) is 5.69 Å². The number of fused-ring (bicyclic) bond motifs is 1. The van der Waals surface area contributed by atoms with Crippen molar-refractivity contribution in [3.63, 3.8) is 0 Å². The van der Waals surface area contributed by atoms with Gasteiger partial charge >= 0.3 is 0 Å². The third kappa shape index (κ3) is 6.59. The van der Waals surface area contributed by atoms with Crippen LogP contribution in [0.25, 0.3) is 0 Å². The highest BCUT2D eigenvalue weighted by molar-refractivity contribution is 5.72. The predicted molar refractivity (Wildman–Crippen MR) is 132 cm³/mol. The molecule has 1 atom stereocenters. The number of nitrogens with zero attached hydrogens (tertiary/aromatic N) is 1. The SMILES string of the molecule is CC(=O)NCCN1c2cc(OCCc3ccccc3)ccc2CC1OCCc1ccccc1. The highest BCUT2D eigenvalue weighted by Gasteiger charge is 2.30. The molecule has 0 aliphatic carbocycles. The summed E-state index contributed by atoms with van der Waals surface area (Å²) in [6, 6.07) is 27.0. The normalized spacial score (nSPS) is 14.7. The summed E-state index contributed by atoms with van der Waals surface area (Å²) in [5.74, 6) is 0.841. The number of ether oxygens (including phenoxy) is 2. The molecule has 0 fully saturated rings. The third-order valence-corrected chi connectivity index (χ3v) is 5.88. The molecule has 1 N–H and O–H groups in total. The van der Waals surface area contributed by atoms with Gasteiger partial charge in [-0.3, -0.25) is 4.79 Å². The van der Waals surface area contributed by atoms with Crippen LogP contribution in [-0.4, -0.2) is 38.4 Å². The highest BCUT2D eigenvalue weighted by atomic mass is 16.5. The van der Waals surface area contributed by atoms with E-state index in [1.807, 2.05) is 18.2 Å². The number of anilines is 1. The molecule has 172 valence electrons. The van der Waals surface area contributed by atoms with E-state index in [9.17, 15) is 4.79 Å². The third-order valence-electron chi connectivity index (χ3n) is 5.88. The number of hydrogen-bond acceptors (Lipinski definition) is 4. The van der Waals surface area contributed by atoms with Crippen LogP contribution in [0.3, 0.4) is 0 Å². The van der Waals surface area contributed by atoms with Gasteiger partial charge in [-0.2, -0.15) is 0 Å². The Hall–Kier alpha value is -3.31. The van der Waals surface area contributed by atoms with Crippen LogP contribution >= 0.6 is 0 Å². The molecule has 0 aromatic heterocycles. The van der Waals surface area contributed by atoms with Gasteiger partial charge in [0.1, 0.15) is 12.0 Å². The minimum absolute atomic E-state index is 0.0195. The van der Waals surface area contributed by atoms with Gasteiger partial charge in [0.2, 0.25) is 5.91 Å². The van der Waals surface area contributed by atoms with Crippen molar-refractivity contribution < 1.29 is 14.3 Å².